The zero-order chi connectivity index (χ0) is 24.4. The summed E-state index contributed by atoms with van der Waals surface area (Å²) >= 11 is 0. The van der Waals surface area contributed by atoms with Crippen LogP contribution >= 0.6 is 0 Å². The Balaban J connectivity index is 2.41. The van der Waals surface area contributed by atoms with Crippen molar-refractivity contribution in [3.05, 3.63) is 59.7 Å². The summed E-state index contributed by atoms with van der Waals surface area (Å²) in [5, 5.41) is 5.42. The highest BCUT2D eigenvalue weighted by Crippen LogP contribution is 2.33. The molecule has 176 valence electrons. The average Bonchev–Trinajstić information content (AvgIpc) is 2.73. The second kappa shape index (κ2) is 11.9. The van der Waals surface area contributed by atoms with Crippen LogP contribution in [0.5, 0.6) is 5.75 Å². The van der Waals surface area contributed by atoms with Gasteiger partial charge in [0.2, 0.25) is 11.8 Å². The number of amides is 2. The largest absolute Gasteiger partial charge is 0.493 e. The van der Waals surface area contributed by atoms with Gasteiger partial charge in [-0.25, -0.2) is 4.79 Å². The Labute approximate surface area is 195 Å². The van der Waals surface area contributed by atoms with E-state index in [4.69, 9.17) is 9.47 Å². The van der Waals surface area contributed by atoms with E-state index in [2.05, 4.69) is 10.6 Å². The van der Waals surface area contributed by atoms with Crippen molar-refractivity contribution in [1.82, 2.24) is 0 Å². The molecule has 0 aliphatic carbocycles. The lowest BCUT2D eigenvalue weighted by Gasteiger charge is -2.22. The Morgan fingerprint density at radius 1 is 1.00 bits per heavy atom. The average molecular weight is 453 g/mol. The Bertz CT molecular complexity index is 1010. The third kappa shape index (κ3) is 8.80. The number of hydrogen-bond acceptors (Lipinski definition) is 5. The van der Waals surface area contributed by atoms with E-state index < -0.39 is 17.5 Å². The van der Waals surface area contributed by atoms with Crippen molar-refractivity contribution in [2.75, 3.05) is 17.2 Å². The quantitative estimate of drug-likeness (QED) is 0.301. The molecule has 0 fully saturated rings. The maximum Gasteiger partial charge on any atom is 0.342 e. The minimum atomic E-state index is -0.712. The third-order valence-corrected chi connectivity index (χ3v) is 4.29. The van der Waals surface area contributed by atoms with Gasteiger partial charge in [-0.15, -0.1) is 0 Å². The molecule has 0 spiro atoms. The van der Waals surface area contributed by atoms with E-state index in [1.54, 1.807) is 26.8 Å². The number of carbonyl (C=O) groups is 3. The second-order valence-electron chi connectivity index (χ2n) is 8.51. The summed E-state index contributed by atoms with van der Waals surface area (Å²) in [6.45, 7) is 9.10. The standard InChI is InChI=1S/C26H32N2O5/c1-6-7-15-32-23-17-22(27-18(2)29)21(16-20(23)25(31)33-26(3,4)5)28-24(30)14-13-19-11-9-8-10-12-19/h8-14,16-17H,6-7,15H2,1-5H3,(H,27,29)(H,28,30). The Kier molecular flexibility index (Phi) is 9.21. The van der Waals surface area contributed by atoms with Crippen LogP contribution < -0.4 is 15.4 Å². The lowest BCUT2D eigenvalue weighted by molar-refractivity contribution is -0.114. The molecule has 0 unspecified atom stereocenters. The third-order valence-electron chi connectivity index (χ3n) is 4.29. The molecule has 0 saturated heterocycles. The van der Waals surface area contributed by atoms with Crippen LogP contribution in [0.3, 0.4) is 0 Å². The first-order valence-electron chi connectivity index (χ1n) is 10.9. The summed E-state index contributed by atoms with van der Waals surface area (Å²) in [5.74, 6) is -1.05. The number of hydrogen-bond donors (Lipinski definition) is 2. The SMILES string of the molecule is CCCCOc1cc(NC(C)=O)c(NC(=O)C=Cc2ccccc2)cc1C(=O)OC(C)(C)C. The number of rotatable bonds is 9. The molecule has 0 saturated carbocycles. The summed E-state index contributed by atoms with van der Waals surface area (Å²) in [5.41, 5.74) is 0.899. The van der Waals surface area contributed by atoms with Gasteiger partial charge >= 0.3 is 5.97 Å². The fourth-order valence-corrected chi connectivity index (χ4v) is 2.83. The van der Waals surface area contributed by atoms with Crippen LogP contribution in [0.4, 0.5) is 11.4 Å². The van der Waals surface area contributed by atoms with E-state index >= 15 is 0 Å². The fourth-order valence-electron chi connectivity index (χ4n) is 2.83. The number of carbonyl (C=O) groups excluding carboxylic acids is 3. The van der Waals surface area contributed by atoms with Gasteiger partial charge in [-0.3, -0.25) is 9.59 Å². The van der Waals surface area contributed by atoms with Gasteiger partial charge in [-0.05, 0) is 44.9 Å². The highest BCUT2D eigenvalue weighted by Gasteiger charge is 2.24. The van der Waals surface area contributed by atoms with E-state index in [-0.39, 0.29) is 22.9 Å². The predicted octanol–water partition coefficient (Wildman–Crippen LogP) is 5.43. The second-order valence-corrected chi connectivity index (χ2v) is 8.51. The maximum atomic E-state index is 12.9. The molecule has 0 aromatic heterocycles. The van der Waals surface area contributed by atoms with Gasteiger partial charge in [0, 0.05) is 19.1 Å². The molecule has 2 N–H and O–H groups in total. The molecule has 2 aromatic carbocycles. The van der Waals surface area contributed by atoms with Crippen LogP contribution in [-0.4, -0.2) is 30.0 Å². The Morgan fingerprint density at radius 2 is 1.67 bits per heavy atom. The van der Waals surface area contributed by atoms with E-state index in [1.807, 2.05) is 37.3 Å². The molecule has 0 aliphatic heterocycles. The van der Waals surface area contributed by atoms with Crippen molar-refractivity contribution in [3.63, 3.8) is 0 Å². The van der Waals surface area contributed by atoms with Gasteiger partial charge in [-0.1, -0.05) is 43.7 Å². The van der Waals surface area contributed by atoms with Crippen LogP contribution in [0.25, 0.3) is 6.08 Å². The lowest BCUT2D eigenvalue weighted by atomic mass is 10.1. The van der Waals surface area contributed by atoms with Gasteiger partial charge < -0.3 is 20.1 Å². The molecule has 0 bridgehead atoms. The summed E-state index contributed by atoms with van der Waals surface area (Å²) < 4.78 is 11.3. The fraction of sp³-hybridized carbons (Fsp3) is 0.346. The Morgan fingerprint density at radius 3 is 2.27 bits per heavy atom. The molecule has 0 radical (unpaired) electrons. The van der Waals surface area contributed by atoms with Crippen molar-refractivity contribution in [3.8, 4) is 5.75 Å². The van der Waals surface area contributed by atoms with Gasteiger partial charge in [0.05, 0.1) is 18.0 Å². The number of anilines is 2. The van der Waals surface area contributed by atoms with Crippen molar-refractivity contribution in [2.24, 2.45) is 0 Å². The molecule has 2 rings (SSSR count). The minimum absolute atomic E-state index is 0.164. The number of esters is 1. The van der Waals surface area contributed by atoms with Crippen molar-refractivity contribution < 1.29 is 23.9 Å². The van der Waals surface area contributed by atoms with Crippen molar-refractivity contribution in [1.29, 1.82) is 0 Å². The first-order valence-corrected chi connectivity index (χ1v) is 10.9. The topological polar surface area (TPSA) is 93.7 Å². The summed E-state index contributed by atoms with van der Waals surface area (Å²) in [6.07, 6.45) is 4.77. The zero-order valence-electron chi connectivity index (χ0n) is 19.9. The van der Waals surface area contributed by atoms with Crippen LogP contribution in [0.1, 0.15) is 63.4 Å². The van der Waals surface area contributed by atoms with Gasteiger partial charge in [0.15, 0.2) is 0 Å². The molecule has 33 heavy (non-hydrogen) atoms. The smallest absolute Gasteiger partial charge is 0.342 e. The highest BCUT2D eigenvalue weighted by atomic mass is 16.6. The van der Waals surface area contributed by atoms with Crippen molar-refractivity contribution >= 4 is 35.2 Å². The number of benzene rings is 2. The number of ether oxygens (including phenoxy) is 2. The minimum Gasteiger partial charge on any atom is -0.493 e. The molecule has 2 amide bonds. The molecule has 0 heterocycles. The lowest BCUT2D eigenvalue weighted by Crippen LogP contribution is -2.24. The summed E-state index contributed by atoms with van der Waals surface area (Å²) in [7, 11) is 0. The molecule has 2 aromatic rings. The molecule has 0 atom stereocenters. The number of nitrogens with one attached hydrogen (secondary N) is 2. The van der Waals surface area contributed by atoms with Crippen LogP contribution in [0.2, 0.25) is 0 Å². The van der Waals surface area contributed by atoms with E-state index in [9.17, 15) is 14.4 Å². The molecule has 0 aliphatic rings. The van der Waals surface area contributed by atoms with Gasteiger partial charge in [-0.2, -0.15) is 0 Å². The van der Waals surface area contributed by atoms with Crippen LogP contribution in [0.15, 0.2) is 48.5 Å². The molecule has 7 heteroatoms. The summed E-state index contributed by atoms with van der Waals surface area (Å²) in [4.78, 5) is 37.2. The molecule has 7 nitrogen and oxygen atoms in total. The monoisotopic (exact) mass is 452 g/mol. The van der Waals surface area contributed by atoms with Crippen LogP contribution in [-0.2, 0) is 14.3 Å². The normalized spacial score (nSPS) is 11.2. The molecular formula is C26H32N2O5. The van der Waals surface area contributed by atoms with Crippen LogP contribution in [0, 0.1) is 0 Å². The van der Waals surface area contributed by atoms with E-state index in [1.165, 1.54) is 25.1 Å². The molecular weight excluding hydrogens is 420 g/mol. The van der Waals surface area contributed by atoms with Gasteiger partial charge in [0.25, 0.3) is 0 Å². The first kappa shape index (κ1) is 25.6. The van der Waals surface area contributed by atoms with E-state index in [0.29, 0.717) is 12.3 Å². The predicted molar refractivity (Wildman–Crippen MR) is 130 cm³/mol. The highest BCUT2D eigenvalue weighted by molar-refractivity contribution is 6.07. The first-order chi connectivity index (χ1) is 15.6. The Hall–Kier alpha value is -3.61. The van der Waals surface area contributed by atoms with Crippen molar-refractivity contribution in [2.45, 2.75) is 53.1 Å². The number of unbranched alkanes of at least 4 members (excludes halogenated alkanes) is 1. The zero-order valence-corrected chi connectivity index (χ0v) is 19.9. The van der Waals surface area contributed by atoms with Gasteiger partial charge in [0.1, 0.15) is 16.9 Å². The van der Waals surface area contributed by atoms with E-state index in [0.717, 1.165) is 18.4 Å². The maximum absolute atomic E-state index is 12.9. The summed E-state index contributed by atoms with van der Waals surface area (Å²) in [6, 6.07) is 12.4.